The Bertz CT molecular complexity index is 821. The molecule has 0 atom stereocenters. The molecule has 1 heterocycles. The third kappa shape index (κ3) is 6.93. The summed E-state index contributed by atoms with van der Waals surface area (Å²) in [5.41, 5.74) is 12.9. The van der Waals surface area contributed by atoms with Crippen LogP contribution in [0.4, 0.5) is 11.4 Å². The van der Waals surface area contributed by atoms with Crippen LogP contribution in [0.1, 0.15) is 28.8 Å². The van der Waals surface area contributed by atoms with Crippen LogP contribution in [-0.4, -0.2) is 31.4 Å². The topological polar surface area (TPSA) is 137 Å². The normalized spacial score (nSPS) is 13.5. The van der Waals surface area contributed by atoms with E-state index in [9.17, 15) is 14.4 Å². The lowest BCUT2D eigenvalue weighted by molar-refractivity contribution is -0.129. The quantitative estimate of drug-likeness (QED) is 0.431. The third-order valence-electron chi connectivity index (χ3n) is 4.50. The number of carbonyl (C=O) groups excluding carboxylic acids is 3. The van der Waals surface area contributed by atoms with E-state index in [4.69, 9.17) is 11.5 Å². The zero-order chi connectivity index (χ0) is 21.1. The molecule has 0 aromatic heterocycles. The molecule has 29 heavy (non-hydrogen) atoms. The van der Waals surface area contributed by atoms with Crippen molar-refractivity contribution in [3.05, 3.63) is 59.7 Å². The first kappa shape index (κ1) is 21.9. The van der Waals surface area contributed by atoms with Gasteiger partial charge in [0.15, 0.2) is 0 Å². The average Bonchev–Trinajstić information content (AvgIpc) is 2.75. The van der Waals surface area contributed by atoms with Crippen LogP contribution in [-0.2, 0) is 20.9 Å². The fourth-order valence-corrected chi connectivity index (χ4v) is 2.91. The largest absolute Gasteiger partial charge is 0.463 e. The van der Waals surface area contributed by atoms with Gasteiger partial charge in [0.05, 0.1) is 16.9 Å². The van der Waals surface area contributed by atoms with Crippen molar-refractivity contribution in [2.24, 2.45) is 11.7 Å². The number of nitrogens with one attached hydrogen (secondary N) is 2. The number of benzene rings is 2. The lowest BCUT2D eigenvalue weighted by atomic mass is 9.97. The zero-order valence-electron chi connectivity index (χ0n) is 16.1. The van der Waals surface area contributed by atoms with E-state index in [0.29, 0.717) is 18.8 Å². The number of piperidine rings is 1. The van der Waals surface area contributed by atoms with Crippen molar-refractivity contribution in [1.29, 1.82) is 0 Å². The summed E-state index contributed by atoms with van der Waals surface area (Å²) in [7, 11) is 0. The summed E-state index contributed by atoms with van der Waals surface area (Å²) in [6.07, 6.45) is 1.61. The second kappa shape index (κ2) is 11.5. The Kier molecular flexibility index (Phi) is 8.65. The van der Waals surface area contributed by atoms with Crippen LogP contribution in [0.5, 0.6) is 0 Å². The fraction of sp³-hybridized carbons (Fsp3) is 0.286. The number of anilines is 2. The molecule has 0 bridgehead atoms. The van der Waals surface area contributed by atoms with Crippen LogP contribution < -0.4 is 22.1 Å². The van der Waals surface area contributed by atoms with Gasteiger partial charge in [-0.15, -0.1) is 0 Å². The highest BCUT2D eigenvalue weighted by atomic mass is 16.5. The number of nitrogens with two attached hydrogens (primary N) is 2. The van der Waals surface area contributed by atoms with Crippen LogP contribution >= 0.6 is 0 Å². The molecule has 154 valence electrons. The highest BCUT2D eigenvalue weighted by Gasteiger charge is 2.22. The minimum Gasteiger partial charge on any atom is -0.463 e. The molecular weight excluding hydrogens is 372 g/mol. The lowest BCUT2D eigenvalue weighted by Crippen LogP contribution is -2.34. The number of primary amides is 1. The van der Waals surface area contributed by atoms with Gasteiger partial charge in [0.25, 0.3) is 12.4 Å². The maximum absolute atomic E-state index is 12.1. The fourth-order valence-electron chi connectivity index (χ4n) is 2.91. The van der Waals surface area contributed by atoms with E-state index in [2.05, 4.69) is 15.4 Å². The maximum atomic E-state index is 12.1. The summed E-state index contributed by atoms with van der Waals surface area (Å²) in [5.74, 6) is -0.678. The van der Waals surface area contributed by atoms with Crippen molar-refractivity contribution < 1.29 is 19.1 Å². The van der Waals surface area contributed by atoms with Crippen molar-refractivity contribution in [2.45, 2.75) is 19.4 Å². The number of hydrogen-bond acceptors (Lipinski definition) is 6. The maximum Gasteiger partial charge on any atom is 0.293 e. The Morgan fingerprint density at radius 3 is 2.41 bits per heavy atom. The summed E-state index contributed by atoms with van der Waals surface area (Å²) in [4.78, 5) is 33.0. The van der Waals surface area contributed by atoms with E-state index in [1.165, 1.54) is 6.07 Å². The Balaban J connectivity index is 0.000000253. The number of amides is 2. The average molecular weight is 398 g/mol. The smallest absolute Gasteiger partial charge is 0.293 e. The predicted octanol–water partition coefficient (Wildman–Crippen LogP) is 1.67. The van der Waals surface area contributed by atoms with Crippen LogP contribution in [0.3, 0.4) is 0 Å². The van der Waals surface area contributed by atoms with Gasteiger partial charge in [-0.05, 0) is 43.6 Å². The Labute approximate surface area is 169 Å². The monoisotopic (exact) mass is 398 g/mol. The molecule has 0 spiro atoms. The van der Waals surface area contributed by atoms with Gasteiger partial charge >= 0.3 is 0 Å². The van der Waals surface area contributed by atoms with E-state index in [-0.39, 0.29) is 23.1 Å². The molecule has 8 heteroatoms. The van der Waals surface area contributed by atoms with Crippen LogP contribution in [0.15, 0.2) is 48.5 Å². The number of nitrogen functional groups attached to an aromatic ring is 1. The first-order valence-electron chi connectivity index (χ1n) is 9.32. The Morgan fingerprint density at radius 1 is 1.10 bits per heavy atom. The summed E-state index contributed by atoms with van der Waals surface area (Å²) >= 11 is 0. The molecule has 2 aromatic rings. The van der Waals surface area contributed by atoms with Crippen molar-refractivity contribution in [1.82, 2.24) is 5.32 Å². The number of rotatable bonds is 6. The predicted molar refractivity (Wildman–Crippen MR) is 111 cm³/mol. The van der Waals surface area contributed by atoms with Gasteiger partial charge in [0.1, 0.15) is 6.61 Å². The molecule has 3 rings (SSSR count). The SMILES string of the molecule is NC(=O)c1cccc(NC(=O)C2CCNCC2)c1N.O=COCc1ccccc1. The summed E-state index contributed by atoms with van der Waals surface area (Å²) in [5, 5.41) is 5.98. The molecule has 1 aliphatic rings. The molecule has 1 fully saturated rings. The highest BCUT2D eigenvalue weighted by molar-refractivity contribution is 6.04. The molecule has 8 nitrogen and oxygen atoms in total. The first-order valence-corrected chi connectivity index (χ1v) is 9.32. The number of ether oxygens (including phenoxy) is 1. The Morgan fingerprint density at radius 2 is 1.79 bits per heavy atom. The first-order chi connectivity index (χ1) is 14.0. The highest BCUT2D eigenvalue weighted by Crippen LogP contribution is 2.24. The van der Waals surface area contributed by atoms with E-state index in [1.54, 1.807) is 12.1 Å². The second-order valence-electron chi connectivity index (χ2n) is 6.54. The molecule has 2 aromatic carbocycles. The van der Waals surface area contributed by atoms with Gasteiger partial charge < -0.3 is 26.8 Å². The minimum absolute atomic E-state index is 0.0158. The van der Waals surface area contributed by atoms with Crippen LogP contribution in [0.2, 0.25) is 0 Å². The number of hydrogen-bond donors (Lipinski definition) is 4. The minimum atomic E-state index is -0.601. The van der Waals surface area contributed by atoms with Gasteiger partial charge in [0, 0.05) is 5.92 Å². The van der Waals surface area contributed by atoms with Crippen molar-refractivity contribution in [3.8, 4) is 0 Å². The standard InChI is InChI=1S/C13H18N4O2.C8H8O2/c14-11-9(12(15)18)2-1-3-10(11)17-13(19)8-4-6-16-7-5-8;9-7-10-6-8-4-2-1-3-5-8/h1-3,8,16H,4-7,14H2,(H2,15,18)(H,17,19);1-5,7H,6H2. The van der Waals surface area contributed by atoms with Gasteiger partial charge in [-0.1, -0.05) is 36.4 Å². The third-order valence-corrected chi connectivity index (χ3v) is 4.50. The van der Waals surface area contributed by atoms with E-state index < -0.39 is 5.91 Å². The van der Waals surface area contributed by atoms with Gasteiger partial charge in [0.2, 0.25) is 5.91 Å². The van der Waals surface area contributed by atoms with Crippen LogP contribution in [0.25, 0.3) is 0 Å². The molecule has 1 aliphatic heterocycles. The van der Waals surface area contributed by atoms with Gasteiger partial charge in [-0.3, -0.25) is 14.4 Å². The summed E-state index contributed by atoms with van der Waals surface area (Å²) < 4.78 is 4.54. The van der Waals surface area contributed by atoms with E-state index >= 15 is 0 Å². The molecule has 0 saturated carbocycles. The van der Waals surface area contributed by atoms with Crippen molar-refractivity contribution >= 4 is 29.7 Å². The molecule has 0 aliphatic carbocycles. The molecule has 0 unspecified atom stereocenters. The van der Waals surface area contributed by atoms with Crippen molar-refractivity contribution in [2.75, 3.05) is 24.1 Å². The van der Waals surface area contributed by atoms with Gasteiger partial charge in [-0.25, -0.2) is 0 Å². The van der Waals surface area contributed by atoms with Crippen molar-refractivity contribution in [3.63, 3.8) is 0 Å². The number of para-hydroxylation sites is 1. The Hall–Kier alpha value is -3.39. The molecular formula is C21H26N4O4. The van der Waals surface area contributed by atoms with E-state index in [1.807, 2.05) is 30.3 Å². The summed E-state index contributed by atoms with van der Waals surface area (Å²) in [6, 6.07) is 14.4. The zero-order valence-corrected chi connectivity index (χ0v) is 16.1. The molecule has 2 amide bonds. The lowest BCUT2D eigenvalue weighted by Gasteiger charge is -2.22. The summed E-state index contributed by atoms with van der Waals surface area (Å²) in [6.45, 7) is 2.50. The van der Waals surface area contributed by atoms with E-state index in [0.717, 1.165) is 31.5 Å². The molecule has 0 radical (unpaired) electrons. The second-order valence-corrected chi connectivity index (χ2v) is 6.54. The molecule has 6 N–H and O–H groups in total. The van der Waals surface area contributed by atoms with Crippen LogP contribution in [0, 0.1) is 5.92 Å². The van der Waals surface area contributed by atoms with Gasteiger partial charge in [-0.2, -0.15) is 0 Å². The number of carbonyl (C=O) groups is 3. The molecule has 1 saturated heterocycles.